The minimum atomic E-state index is -0.607. The second-order valence-electron chi connectivity index (χ2n) is 11.5. The fraction of sp³-hybridized carbons (Fsp3) is 0.455. The van der Waals surface area contributed by atoms with Crippen LogP contribution in [0, 0.1) is 0 Å². The Morgan fingerprint density at radius 2 is 1.66 bits per heavy atom. The number of hydrogen-bond donors (Lipinski definition) is 3. The fourth-order valence-corrected chi connectivity index (χ4v) is 5.61. The number of benzene rings is 2. The molecular weight excluding hydrogens is 512 g/mol. The molecule has 0 unspecified atom stereocenters. The molecule has 2 aromatic heterocycles. The molecule has 220 valence electrons. The molecule has 41 heavy (non-hydrogen) atoms. The van der Waals surface area contributed by atoms with Crippen LogP contribution in [0.1, 0.15) is 65.3 Å². The Hall–Kier alpha value is -3.46. The summed E-state index contributed by atoms with van der Waals surface area (Å²) in [5.74, 6) is 2.16. The molecule has 2 heterocycles. The summed E-state index contributed by atoms with van der Waals surface area (Å²) in [6.45, 7) is 9.04. The highest BCUT2D eigenvalue weighted by Crippen LogP contribution is 2.38. The van der Waals surface area contributed by atoms with E-state index in [0.717, 1.165) is 53.2 Å². The van der Waals surface area contributed by atoms with Gasteiger partial charge >= 0.3 is 0 Å². The molecule has 8 heteroatoms. The predicted molar refractivity (Wildman–Crippen MR) is 168 cm³/mol. The van der Waals surface area contributed by atoms with Crippen LogP contribution < -0.4 is 16.2 Å². The van der Waals surface area contributed by atoms with Crippen LogP contribution in [0.3, 0.4) is 0 Å². The zero-order valence-electron chi connectivity index (χ0n) is 24.8. The first-order valence-corrected chi connectivity index (χ1v) is 14.9. The number of para-hydroxylation sites is 1. The van der Waals surface area contributed by atoms with Crippen molar-refractivity contribution in [3.05, 3.63) is 67.1 Å². The van der Waals surface area contributed by atoms with Crippen LogP contribution >= 0.6 is 0 Å². The molecule has 1 aliphatic carbocycles. The summed E-state index contributed by atoms with van der Waals surface area (Å²) >= 11 is 0. The summed E-state index contributed by atoms with van der Waals surface area (Å²) in [5.41, 5.74) is 14.2. The van der Waals surface area contributed by atoms with Crippen LogP contribution in [0.15, 0.2) is 67.1 Å². The van der Waals surface area contributed by atoms with Gasteiger partial charge in [0.25, 0.3) is 0 Å². The number of ether oxygens (including phenoxy) is 1. The summed E-state index contributed by atoms with van der Waals surface area (Å²) in [7, 11) is 0. The molecule has 0 saturated heterocycles. The van der Waals surface area contributed by atoms with Gasteiger partial charge in [-0.25, -0.2) is 9.97 Å². The number of nitrogens with two attached hydrogens (primary N) is 2. The second kappa shape index (κ2) is 14.4. The summed E-state index contributed by atoms with van der Waals surface area (Å²) in [5, 5.41) is 10.5. The molecule has 4 aromatic rings. The maximum Gasteiger partial charge on any atom is 0.146 e. The number of anilines is 1. The second-order valence-corrected chi connectivity index (χ2v) is 11.5. The fourth-order valence-electron chi connectivity index (χ4n) is 5.61. The topological polar surface area (TPSA) is 115 Å². The van der Waals surface area contributed by atoms with Gasteiger partial charge in [-0.1, -0.05) is 56.5 Å². The van der Waals surface area contributed by atoms with Crippen molar-refractivity contribution in [1.29, 1.82) is 0 Å². The number of aromatic nitrogens is 3. The van der Waals surface area contributed by atoms with Gasteiger partial charge in [0.15, 0.2) is 0 Å². The number of hydrogen-bond acceptors (Lipinski definition) is 7. The van der Waals surface area contributed by atoms with Crippen molar-refractivity contribution in [2.24, 2.45) is 5.73 Å². The Balaban J connectivity index is 0.000000275. The van der Waals surface area contributed by atoms with Gasteiger partial charge in [-0.2, -0.15) is 0 Å². The first-order valence-electron chi connectivity index (χ1n) is 14.9. The predicted octanol–water partition coefficient (Wildman–Crippen LogP) is 6.41. The molecular formula is C33H46N6O2. The Labute approximate surface area is 244 Å². The SMILES string of the molecule is CCCN(CCN)CC(C)(C)O.Nc1ncnc2c1c(-c1ccc(Oc3ccccc3)cc1)cn2C1CCCCC1. The Morgan fingerprint density at radius 1 is 0.976 bits per heavy atom. The van der Waals surface area contributed by atoms with E-state index < -0.39 is 5.60 Å². The Bertz CT molecular complexity index is 1340. The summed E-state index contributed by atoms with van der Waals surface area (Å²) in [6, 6.07) is 18.4. The molecule has 0 spiro atoms. The van der Waals surface area contributed by atoms with Crippen molar-refractivity contribution in [2.45, 2.75) is 70.9 Å². The normalized spacial score (nSPS) is 14.2. The van der Waals surface area contributed by atoms with E-state index in [1.165, 1.54) is 32.1 Å². The smallest absolute Gasteiger partial charge is 0.146 e. The first kappa shape index (κ1) is 30.5. The lowest BCUT2D eigenvalue weighted by Crippen LogP contribution is -2.41. The van der Waals surface area contributed by atoms with Crippen LogP contribution in [0.2, 0.25) is 0 Å². The van der Waals surface area contributed by atoms with Gasteiger partial charge in [0.05, 0.1) is 11.0 Å². The van der Waals surface area contributed by atoms with E-state index in [1.807, 2.05) is 56.3 Å². The number of nitrogen functional groups attached to an aromatic ring is 1. The van der Waals surface area contributed by atoms with Gasteiger partial charge in [-0.15, -0.1) is 0 Å². The molecule has 5 rings (SSSR count). The highest BCUT2D eigenvalue weighted by molar-refractivity contribution is 6.00. The molecule has 2 aromatic carbocycles. The third-order valence-corrected chi connectivity index (χ3v) is 7.35. The zero-order chi connectivity index (χ0) is 29.2. The van der Waals surface area contributed by atoms with Gasteiger partial charge in [0.1, 0.15) is 29.3 Å². The van der Waals surface area contributed by atoms with E-state index in [0.29, 0.717) is 24.9 Å². The van der Waals surface area contributed by atoms with Crippen molar-refractivity contribution in [2.75, 3.05) is 31.9 Å². The van der Waals surface area contributed by atoms with Gasteiger partial charge < -0.3 is 25.9 Å². The Kier molecular flexibility index (Phi) is 10.7. The van der Waals surface area contributed by atoms with Crippen molar-refractivity contribution in [1.82, 2.24) is 19.4 Å². The molecule has 1 saturated carbocycles. The molecule has 0 radical (unpaired) electrons. The largest absolute Gasteiger partial charge is 0.457 e. The highest BCUT2D eigenvalue weighted by Gasteiger charge is 2.22. The maximum absolute atomic E-state index is 9.56. The number of nitrogens with zero attached hydrogens (tertiary/aromatic N) is 4. The van der Waals surface area contributed by atoms with Gasteiger partial charge in [-0.3, -0.25) is 4.90 Å². The molecule has 1 aliphatic rings. The molecule has 1 fully saturated rings. The maximum atomic E-state index is 9.56. The van der Waals surface area contributed by atoms with E-state index >= 15 is 0 Å². The number of aliphatic hydroxyl groups is 1. The number of rotatable bonds is 10. The van der Waals surface area contributed by atoms with Crippen molar-refractivity contribution < 1.29 is 9.84 Å². The molecule has 0 aliphatic heterocycles. The molecule has 0 amide bonds. The third-order valence-electron chi connectivity index (χ3n) is 7.35. The lowest BCUT2D eigenvalue weighted by atomic mass is 9.95. The van der Waals surface area contributed by atoms with Crippen molar-refractivity contribution in [3.63, 3.8) is 0 Å². The molecule has 0 atom stereocenters. The summed E-state index contributed by atoms with van der Waals surface area (Å²) in [6.07, 6.45) is 11.1. The quantitative estimate of drug-likeness (QED) is 0.206. The lowest BCUT2D eigenvalue weighted by Gasteiger charge is -2.28. The zero-order valence-corrected chi connectivity index (χ0v) is 24.8. The van der Waals surface area contributed by atoms with Gasteiger partial charge in [0, 0.05) is 37.4 Å². The van der Waals surface area contributed by atoms with Crippen molar-refractivity contribution >= 4 is 16.9 Å². The minimum Gasteiger partial charge on any atom is -0.457 e. The van der Waals surface area contributed by atoms with E-state index in [1.54, 1.807) is 6.33 Å². The monoisotopic (exact) mass is 558 g/mol. The van der Waals surface area contributed by atoms with Gasteiger partial charge in [0.2, 0.25) is 0 Å². The van der Waals surface area contributed by atoms with Crippen LogP contribution in [0.25, 0.3) is 22.2 Å². The standard InChI is InChI=1S/C24H24N4O.C9H22N2O/c25-23-22-21(15-28(24(22)27-16-26-23)18-7-3-1-4-8-18)17-11-13-20(14-12-17)29-19-9-5-2-6-10-19;1-4-6-11(7-5-10)8-9(2,3)12/h2,5-6,9-16,18H,1,3-4,7-8H2,(H2,25,26,27);12H,4-8,10H2,1-3H3. The minimum absolute atomic E-state index is 0.481. The third kappa shape index (κ3) is 8.52. The van der Waals surface area contributed by atoms with E-state index in [2.05, 4.69) is 44.7 Å². The lowest BCUT2D eigenvalue weighted by molar-refractivity contribution is 0.0372. The van der Waals surface area contributed by atoms with E-state index in [9.17, 15) is 5.11 Å². The summed E-state index contributed by atoms with van der Waals surface area (Å²) in [4.78, 5) is 11.0. The van der Waals surface area contributed by atoms with Crippen LogP contribution in [0.4, 0.5) is 5.82 Å². The van der Waals surface area contributed by atoms with Gasteiger partial charge in [-0.05, 0) is 69.5 Å². The van der Waals surface area contributed by atoms with Crippen molar-refractivity contribution in [3.8, 4) is 22.6 Å². The first-order chi connectivity index (χ1) is 19.8. The molecule has 8 nitrogen and oxygen atoms in total. The van der Waals surface area contributed by atoms with E-state index in [-0.39, 0.29) is 0 Å². The number of fused-ring (bicyclic) bond motifs is 1. The average Bonchev–Trinajstić information content (AvgIpc) is 3.35. The molecule has 5 N–H and O–H groups in total. The summed E-state index contributed by atoms with van der Waals surface area (Å²) < 4.78 is 8.24. The van der Waals surface area contributed by atoms with Crippen LogP contribution in [-0.4, -0.2) is 56.3 Å². The van der Waals surface area contributed by atoms with Crippen LogP contribution in [0.5, 0.6) is 11.5 Å². The van der Waals surface area contributed by atoms with Crippen LogP contribution in [-0.2, 0) is 0 Å². The average molecular weight is 559 g/mol. The molecule has 0 bridgehead atoms. The highest BCUT2D eigenvalue weighted by atomic mass is 16.5. The Morgan fingerprint density at radius 3 is 2.29 bits per heavy atom. The van der Waals surface area contributed by atoms with E-state index in [4.69, 9.17) is 16.2 Å².